The maximum Gasteiger partial charge on any atom is 0.157 e. The average molecular weight is 332 g/mol. The number of hydrogen-bond acceptors (Lipinski definition) is 3. The van der Waals surface area contributed by atoms with E-state index in [1.807, 2.05) is 43.3 Å². The van der Waals surface area contributed by atoms with Crippen LogP contribution in [0.1, 0.15) is 48.1 Å². The number of sulfone groups is 1. The zero-order chi connectivity index (χ0) is 17.0. The summed E-state index contributed by atoms with van der Waals surface area (Å²) in [5, 5.41) is 10.2. The first-order valence-electron chi connectivity index (χ1n) is 7.81. The van der Waals surface area contributed by atoms with Gasteiger partial charge in [-0.05, 0) is 29.5 Å². The molecular weight excluding hydrogens is 308 g/mol. The number of aliphatic hydroxyl groups is 1. The van der Waals surface area contributed by atoms with E-state index in [-0.39, 0.29) is 11.5 Å². The minimum absolute atomic E-state index is 0.0473. The van der Waals surface area contributed by atoms with Crippen LogP contribution in [-0.4, -0.2) is 19.3 Å². The van der Waals surface area contributed by atoms with Gasteiger partial charge < -0.3 is 5.11 Å². The van der Waals surface area contributed by atoms with Gasteiger partial charge >= 0.3 is 0 Å². The van der Waals surface area contributed by atoms with E-state index in [0.717, 1.165) is 11.1 Å². The zero-order valence-electron chi connectivity index (χ0n) is 13.9. The van der Waals surface area contributed by atoms with Crippen molar-refractivity contribution in [1.29, 1.82) is 0 Å². The summed E-state index contributed by atoms with van der Waals surface area (Å²) in [5.41, 5.74) is 3.65. The second-order valence-electron chi connectivity index (χ2n) is 6.38. The molecule has 2 aromatic carbocycles. The Balaban J connectivity index is 2.05. The van der Waals surface area contributed by atoms with Crippen molar-refractivity contribution in [3.05, 3.63) is 70.8 Å². The first-order chi connectivity index (χ1) is 10.8. The van der Waals surface area contributed by atoms with E-state index in [0.29, 0.717) is 11.5 Å². The number of benzene rings is 2. The van der Waals surface area contributed by atoms with Crippen molar-refractivity contribution in [1.82, 2.24) is 0 Å². The molecule has 0 amide bonds. The number of aliphatic hydroxyl groups excluding tert-OH is 1. The van der Waals surface area contributed by atoms with Crippen molar-refractivity contribution >= 4 is 9.84 Å². The third-order valence-corrected chi connectivity index (χ3v) is 5.50. The molecule has 3 nitrogen and oxygen atoms in total. The minimum Gasteiger partial charge on any atom is -0.387 e. The highest BCUT2D eigenvalue weighted by Gasteiger charge is 2.19. The fraction of sp³-hybridized carbons (Fsp3) is 0.368. The predicted octanol–water partition coefficient (Wildman–Crippen LogP) is 3.77. The molecule has 0 bridgehead atoms. The zero-order valence-corrected chi connectivity index (χ0v) is 14.7. The smallest absolute Gasteiger partial charge is 0.157 e. The molecule has 23 heavy (non-hydrogen) atoms. The third kappa shape index (κ3) is 5.19. The summed E-state index contributed by atoms with van der Waals surface area (Å²) in [6.45, 7) is 6.15. The molecule has 1 atom stereocenters. The average Bonchev–Trinajstić information content (AvgIpc) is 2.47. The molecule has 0 fully saturated rings. The standard InChI is InChI=1S/C19H24O3S/c1-14(2)17-10-6-16(7-11-17)12-23(21,22)13-19(20)18-8-4-15(3)5-9-18/h4-11,14,19-20H,12-13H2,1-3H3. The Morgan fingerprint density at radius 3 is 1.96 bits per heavy atom. The maximum absolute atomic E-state index is 12.3. The van der Waals surface area contributed by atoms with E-state index in [1.54, 1.807) is 12.1 Å². The van der Waals surface area contributed by atoms with E-state index in [2.05, 4.69) is 13.8 Å². The van der Waals surface area contributed by atoms with Crippen molar-refractivity contribution in [2.45, 2.75) is 38.5 Å². The van der Waals surface area contributed by atoms with Gasteiger partial charge in [0.25, 0.3) is 0 Å². The SMILES string of the molecule is Cc1ccc(C(O)CS(=O)(=O)Cc2ccc(C(C)C)cc2)cc1. The van der Waals surface area contributed by atoms with Crippen LogP contribution in [0.4, 0.5) is 0 Å². The second-order valence-corrected chi connectivity index (χ2v) is 8.49. The first kappa shape index (κ1) is 17.7. The summed E-state index contributed by atoms with van der Waals surface area (Å²) in [6, 6.07) is 14.9. The molecule has 124 valence electrons. The molecule has 0 saturated heterocycles. The van der Waals surface area contributed by atoms with Gasteiger partial charge in [-0.3, -0.25) is 0 Å². The molecule has 0 aromatic heterocycles. The summed E-state index contributed by atoms with van der Waals surface area (Å²) < 4.78 is 24.6. The molecule has 0 radical (unpaired) electrons. The highest BCUT2D eigenvalue weighted by atomic mass is 32.2. The highest BCUT2D eigenvalue weighted by molar-refractivity contribution is 7.90. The summed E-state index contributed by atoms with van der Waals surface area (Å²) in [7, 11) is -3.38. The Morgan fingerprint density at radius 2 is 1.43 bits per heavy atom. The largest absolute Gasteiger partial charge is 0.387 e. The van der Waals surface area contributed by atoms with Crippen LogP contribution in [0.3, 0.4) is 0 Å². The molecule has 0 spiro atoms. The monoisotopic (exact) mass is 332 g/mol. The number of hydrogen-bond donors (Lipinski definition) is 1. The van der Waals surface area contributed by atoms with E-state index < -0.39 is 15.9 Å². The van der Waals surface area contributed by atoms with E-state index in [1.165, 1.54) is 5.56 Å². The Morgan fingerprint density at radius 1 is 0.913 bits per heavy atom. The lowest BCUT2D eigenvalue weighted by molar-refractivity contribution is 0.201. The Hall–Kier alpha value is -1.65. The number of aryl methyl sites for hydroxylation is 1. The maximum atomic E-state index is 12.3. The van der Waals surface area contributed by atoms with Crippen molar-refractivity contribution in [3.8, 4) is 0 Å². The van der Waals surface area contributed by atoms with Crippen LogP contribution in [0, 0.1) is 6.92 Å². The van der Waals surface area contributed by atoms with Crippen molar-refractivity contribution in [3.63, 3.8) is 0 Å². The van der Waals surface area contributed by atoms with E-state index in [9.17, 15) is 13.5 Å². The molecular formula is C19H24O3S. The van der Waals surface area contributed by atoms with Crippen molar-refractivity contribution < 1.29 is 13.5 Å². The molecule has 0 aliphatic rings. The van der Waals surface area contributed by atoms with Crippen LogP contribution >= 0.6 is 0 Å². The fourth-order valence-corrected chi connectivity index (χ4v) is 3.93. The van der Waals surface area contributed by atoms with Crippen LogP contribution in [0.5, 0.6) is 0 Å². The van der Waals surface area contributed by atoms with Crippen LogP contribution in [0.25, 0.3) is 0 Å². The van der Waals surface area contributed by atoms with Crippen LogP contribution < -0.4 is 0 Å². The molecule has 4 heteroatoms. The molecule has 1 N–H and O–H groups in total. The lowest BCUT2D eigenvalue weighted by Gasteiger charge is -2.12. The topological polar surface area (TPSA) is 54.4 Å². The quantitative estimate of drug-likeness (QED) is 0.876. The fourth-order valence-electron chi connectivity index (χ4n) is 2.44. The Bertz CT molecular complexity index is 729. The lowest BCUT2D eigenvalue weighted by Crippen LogP contribution is -2.16. The third-order valence-electron chi connectivity index (χ3n) is 3.91. The summed E-state index contributed by atoms with van der Waals surface area (Å²) in [6.07, 6.45) is -0.990. The van der Waals surface area contributed by atoms with Gasteiger partial charge in [0, 0.05) is 0 Å². The molecule has 0 saturated carbocycles. The van der Waals surface area contributed by atoms with Crippen molar-refractivity contribution in [2.24, 2.45) is 0 Å². The van der Waals surface area contributed by atoms with Gasteiger partial charge in [0.05, 0.1) is 17.6 Å². The van der Waals surface area contributed by atoms with Crippen LogP contribution in [0.15, 0.2) is 48.5 Å². The van der Waals surface area contributed by atoms with E-state index in [4.69, 9.17) is 0 Å². The normalized spacial score (nSPS) is 13.3. The molecule has 2 aromatic rings. The minimum atomic E-state index is -3.38. The Labute approximate surface area is 138 Å². The van der Waals surface area contributed by atoms with Gasteiger partial charge in [0.1, 0.15) is 0 Å². The first-order valence-corrected chi connectivity index (χ1v) is 9.63. The lowest BCUT2D eigenvalue weighted by atomic mass is 10.0. The van der Waals surface area contributed by atoms with Crippen molar-refractivity contribution in [2.75, 3.05) is 5.75 Å². The highest BCUT2D eigenvalue weighted by Crippen LogP contribution is 2.20. The predicted molar refractivity (Wildman–Crippen MR) is 94.2 cm³/mol. The number of rotatable bonds is 6. The van der Waals surface area contributed by atoms with Crippen LogP contribution in [0.2, 0.25) is 0 Å². The molecule has 0 aliphatic carbocycles. The molecule has 0 aliphatic heterocycles. The van der Waals surface area contributed by atoms with Gasteiger partial charge in [-0.15, -0.1) is 0 Å². The molecule has 1 unspecified atom stereocenters. The van der Waals surface area contributed by atoms with Gasteiger partial charge in [-0.2, -0.15) is 0 Å². The van der Waals surface area contributed by atoms with Gasteiger partial charge in [-0.25, -0.2) is 8.42 Å². The van der Waals surface area contributed by atoms with Gasteiger partial charge in [0.15, 0.2) is 9.84 Å². The van der Waals surface area contributed by atoms with Gasteiger partial charge in [-0.1, -0.05) is 67.9 Å². The molecule has 0 heterocycles. The summed E-state index contributed by atoms with van der Waals surface area (Å²) in [5.74, 6) is 0.111. The van der Waals surface area contributed by atoms with Crippen LogP contribution in [-0.2, 0) is 15.6 Å². The van der Waals surface area contributed by atoms with Gasteiger partial charge in [0.2, 0.25) is 0 Å². The van der Waals surface area contributed by atoms with E-state index >= 15 is 0 Å². The Kier molecular flexibility index (Phi) is 5.60. The summed E-state index contributed by atoms with van der Waals surface area (Å²) >= 11 is 0. The molecule has 2 rings (SSSR count). The second kappa shape index (κ2) is 7.28. The summed E-state index contributed by atoms with van der Waals surface area (Å²) in [4.78, 5) is 0.